The van der Waals surface area contributed by atoms with Crippen molar-refractivity contribution in [2.75, 3.05) is 12.3 Å². The Morgan fingerprint density at radius 2 is 2.14 bits per heavy atom. The van der Waals surface area contributed by atoms with E-state index in [1.54, 1.807) is 0 Å². The third kappa shape index (κ3) is 2.09. The van der Waals surface area contributed by atoms with E-state index in [9.17, 15) is 5.11 Å². The molecule has 6 nitrogen and oxygen atoms in total. The summed E-state index contributed by atoms with van der Waals surface area (Å²) in [4.78, 5) is 15.9. The van der Waals surface area contributed by atoms with E-state index in [0.717, 1.165) is 25.1 Å². The minimum Gasteiger partial charge on any atom is -0.396 e. The molecule has 0 aromatic carbocycles. The van der Waals surface area contributed by atoms with Gasteiger partial charge in [0, 0.05) is 13.0 Å². The van der Waals surface area contributed by atoms with E-state index in [0.29, 0.717) is 22.9 Å². The Balaban J connectivity index is 1.88. The Kier molecular flexibility index (Phi) is 3.16. The molecule has 2 unspecified atom stereocenters. The highest BCUT2D eigenvalue weighted by atomic mass is 16.3. The lowest BCUT2D eigenvalue weighted by Crippen LogP contribution is -2.37. The van der Waals surface area contributed by atoms with E-state index in [4.69, 9.17) is 5.73 Å². The Morgan fingerprint density at radius 3 is 2.76 bits per heavy atom. The molecular weight excluding hydrogens is 266 g/mol. The number of nitrogens with one attached hydrogen (secondary N) is 1. The van der Waals surface area contributed by atoms with Crippen molar-refractivity contribution >= 4 is 17.0 Å². The fraction of sp³-hybridized carbons (Fsp3) is 0.667. The number of nitrogens with two attached hydrogens (primary N) is 1. The molecule has 0 spiro atoms. The number of aliphatic hydroxyl groups excluding tert-OH is 1. The van der Waals surface area contributed by atoms with Crippen LogP contribution in [-0.4, -0.2) is 31.6 Å². The lowest BCUT2D eigenvalue weighted by Gasteiger charge is -2.40. The molecule has 21 heavy (non-hydrogen) atoms. The van der Waals surface area contributed by atoms with Gasteiger partial charge in [-0.1, -0.05) is 20.8 Å². The summed E-state index contributed by atoms with van der Waals surface area (Å²) in [7, 11) is 0. The van der Waals surface area contributed by atoms with Crippen molar-refractivity contribution in [3.8, 4) is 0 Å². The van der Waals surface area contributed by atoms with Gasteiger partial charge in [-0.25, -0.2) is 15.0 Å². The van der Waals surface area contributed by atoms with Crippen molar-refractivity contribution in [3.63, 3.8) is 0 Å². The van der Waals surface area contributed by atoms with Crippen LogP contribution in [-0.2, 0) is 6.42 Å². The smallest absolute Gasteiger partial charge is 0.183 e. The predicted octanol–water partition coefficient (Wildman–Crippen LogP) is 1.91. The van der Waals surface area contributed by atoms with E-state index in [1.165, 1.54) is 6.33 Å². The van der Waals surface area contributed by atoms with Crippen molar-refractivity contribution < 1.29 is 5.11 Å². The van der Waals surface area contributed by atoms with Gasteiger partial charge < -0.3 is 15.8 Å². The second-order valence-corrected chi connectivity index (χ2v) is 7.02. The van der Waals surface area contributed by atoms with Crippen LogP contribution in [0, 0.1) is 16.7 Å². The number of hydrogen-bond acceptors (Lipinski definition) is 5. The number of nitrogen functional groups attached to an aromatic ring is 1. The first-order valence-corrected chi connectivity index (χ1v) is 7.43. The highest BCUT2D eigenvalue weighted by molar-refractivity contribution is 5.80. The zero-order valence-electron chi connectivity index (χ0n) is 12.8. The van der Waals surface area contributed by atoms with Crippen molar-refractivity contribution in [1.29, 1.82) is 0 Å². The maximum atomic E-state index is 9.74. The number of imidazole rings is 1. The fourth-order valence-electron chi connectivity index (χ4n) is 3.53. The minimum atomic E-state index is -0.0253. The topological polar surface area (TPSA) is 101 Å². The van der Waals surface area contributed by atoms with Crippen LogP contribution in [0.2, 0.25) is 0 Å². The second kappa shape index (κ2) is 4.66. The van der Waals surface area contributed by atoms with E-state index >= 15 is 0 Å². The number of H-pyrrole nitrogens is 1. The minimum absolute atomic E-state index is 0.0253. The van der Waals surface area contributed by atoms with Crippen molar-refractivity contribution in [3.05, 3.63) is 12.2 Å². The lowest BCUT2D eigenvalue weighted by atomic mass is 9.65. The van der Waals surface area contributed by atoms with Crippen molar-refractivity contribution in [2.45, 2.75) is 40.0 Å². The van der Waals surface area contributed by atoms with Crippen LogP contribution in [0.15, 0.2) is 6.33 Å². The van der Waals surface area contributed by atoms with Gasteiger partial charge in [-0.05, 0) is 29.6 Å². The maximum Gasteiger partial charge on any atom is 0.183 e. The van der Waals surface area contributed by atoms with Gasteiger partial charge in [0.05, 0.1) is 0 Å². The average Bonchev–Trinajstić information content (AvgIpc) is 2.95. The molecule has 1 aliphatic rings. The molecule has 2 atom stereocenters. The summed E-state index contributed by atoms with van der Waals surface area (Å²) >= 11 is 0. The highest BCUT2D eigenvalue weighted by Crippen LogP contribution is 2.56. The molecule has 2 heterocycles. The lowest BCUT2D eigenvalue weighted by molar-refractivity contribution is 0.0254. The van der Waals surface area contributed by atoms with E-state index in [-0.39, 0.29) is 17.4 Å². The predicted molar refractivity (Wildman–Crippen MR) is 81.5 cm³/mol. The number of aromatic amines is 1. The molecular formula is C15H23N5O. The molecule has 2 aromatic rings. The highest BCUT2D eigenvalue weighted by Gasteiger charge is 2.50. The molecule has 2 aromatic heterocycles. The molecule has 1 aliphatic carbocycles. The second-order valence-electron chi connectivity index (χ2n) is 7.02. The molecule has 0 bridgehead atoms. The summed E-state index contributed by atoms with van der Waals surface area (Å²) in [5, 5.41) is 9.74. The van der Waals surface area contributed by atoms with Gasteiger partial charge in [0.1, 0.15) is 17.7 Å². The van der Waals surface area contributed by atoms with Crippen LogP contribution < -0.4 is 5.73 Å². The van der Waals surface area contributed by atoms with Crippen LogP contribution in [0.3, 0.4) is 0 Å². The average molecular weight is 289 g/mol. The normalized spacial score (nSPS) is 28.3. The van der Waals surface area contributed by atoms with Gasteiger partial charge in [-0.15, -0.1) is 0 Å². The molecule has 3 rings (SSSR count). The Bertz CT molecular complexity index is 665. The van der Waals surface area contributed by atoms with Crippen molar-refractivity contribution in [1.82, 2.24) is 19.9 Å². The first kappa shape index (κ1) is 14.3. The Labute approximate surface area is 124 Å². The molecule has 114 valence electrons. The first-order chi connectivity index (χ1) is 9.87. The summed E-state index contributed by atoms with van der Waals surface area (Å²) in [6, 6.07) is 0. The summed E-state index contributed by atoms with van der Waals surface area (Å²) < 4.78 is 0. The van der Waals surface area contributed by atoms with Crippen LogP contribution in [0.5, 0.6) is 0 Å². The van der Waals surface area contributed by atoms with E-state index < -0.39 is 0 Å². The molecule has 0 aliphatic heterocycles. The van der Waals surface area contributed by atoms with Crippen LogP contribution in [0.25, 0.3) is 11.2 Å². The molecule has 0 saturated heterocycles. The first-order valence-electron chi connectivity index (χ1n) is 7.43. The van der Waals surface area contributed by atoms with Gasteiger partial charge in [0.2, 0.25) is 0 Å². The third-order valence-electron chi connectivity index (χ3n) is 5.78. The molecule has 1 saturated carbocycles. The summed E-state index contributed by atoms with van der Waals surface area (Å²) in [6.45, 7) is 6.90. The summed E-state index contributed by atoms with van der Waals surface area (Å²) in [5.74, 6) is 1.81. The summed E-state index contributed by atoms with van der Waals surface area (Å²) in [5.41, 5.74) is 7.22. The molecule has 4 N–H and O–H groups in total. The molecule has 1 fully saturated rings. The maximum absolute atomic E-state index is 9.74. The fourth-order valence-corrected chi connectivity index (χ4v) is 3.53. The standard InChI is InChI=1S/C15H23N5O/c1-14(2)9(4-5-15(14,3)7-21)6-10-19-11-12(16)17-8-18-13(11)20-10/h8-9,21H,4-7H2,1-3H3,(H3,16,17,18,19,20). The number of hydrogen-bond donors (Lipinski definition) is 3. The number of aliphatic hydroxyl groups is 1. The quantitative estimate of drug-likeness (QED) is 0.801. The number of nitrogens with zero attached hydrogens (tertiary/aromatic N) is 3. The van der Waals surface area contributed by atoms with Gasteiger partial charge in [-0.2, -0.15) is 0 Å². The van der Waals surface area contributed by atoms with Crippen molar-refractivity contribution in [2.24, 2.45) is 16.7 Å². The Morgan fingerprint density at radius 1 is 1.38 bits per heavy atom. The number of aromatic nitrogens is 4. The third-order valence-corrected chi connectivity index (χ3v) is 5.78. The molecule has 0 amide bonds. The number of rotatable bonds is 3. The molecule has 0 radical (unpaired) electrons. The molecule has 6 heteroatoms. The van der Waals surface area contributed by atoms with E-state index in [1.807, 2.05) is 0 Å². The van der Waals surface area contributed by atoms with Gasteiger partial charge in [0.25, 0.3) is 0 Å². The monoisotopic (exact) mass is 289 g/mol. The van der Waals surface area contributed by atoms with Crippen LogP contribution in [0.4, 0.5) is 5.82 Å². The van der Waals surface area contributed by atoms with E-state index in [2.05, 4.69) is 40.7 Å². The zero-order valence-corrected chi connectivity index (χ0v) is 12.8. The van der Waals surface area contributed by atoms with Crippen LogP contribution in [0.1, 0.15) is 39.4 Å². The van der Waals surface area contributed by atoms with Gasteiger partial charge in [-0.3, -0.25) is 0 Å². The SMILES string of the molecule is CC1(CO)CCC(Cc2nc3ncnc(N)c3[nH]2)C1(C)C. The van der Waals surface area contributed by atoms with Gasteiger partial charge >= 0.3 is 0 Å². The summed E-state index contributed by atoms with van der Waals surface area (Å²) in [6.07, 6.45) is 4.43. The van der Waals surface area contributed by atoms with Gasteiger partial charge in [0.15, 0.2) is 11.5 Å². The number of fused-ring (bicyclic) bond motifs is 1. The largest absolute Gasteiger partial charge is 0.396 e. The number of anilines is 1. The Hall–Kier alpha value is -1.69. The van der Waals surface area contributed by atoms with Crippen LogP contribution >= 0.6 is 0 Å². The zero-order chi connectivity index (χ0) is 15.3.